The molecule has 2 aromatic rings. The average Bonchev–Trinajstić information content (AvgIpc) is 3.26. The molecule has 2 fully saturated rings. The van der Waals surface area contributed by atoms with Gasteiger partial charge in [-0.25, -0.2) is 9.97 Å². The molecule has 2 aliphatic rings. The number of hydrogen-bond acceptors (Lipinski definition) is 5. The second-order valence-electron chi connectivity index (χ2n) is 7.27. The number of aryl methyl sites for hydroxylation is 1. The van der Waals surface area contributed by atoms with Crippen molar-refractivity contribution in [2.75, 3.05) is 31.1 Å². The number of amides is 1. The van der Waals surface area contributed by atoms with Gasteiger partial charge in [-0.1, -0.05) is 18.9 Å². The fourth-order valence-electron chi connectivity index (χ4n) is 4.00. The van der Waals surface area contributed by atoms with Gasteiger partial charge < -0.3 is 9.80 Å². The predicted octanol–water partition coefficient (Wildman–Crippen LogP) is 3.86. The first-order valence-electron chi connectivity index (χ1n) is 9.65. The smallest absolute Gasteiger partial charge is 0.265 e. The molecule has 0 radical (unpaired) electrons. The maximum Gasteiger partial charge on any atom is 0.265 e. The molecule has 1 saturated carbocycles. The van der Waals surface area contributed by atoms with Crippen molar-refractivity contribution in [2.45, 2.75) is 44.9 Å². The number of rotatable bonds is 3. The van der Waals surface area contributed by atoms with Crippen LogP contribution >= 0.6 is 11.3 Å². The fourth-order valence-corrected chi connectivity index (χ4v) is 5.20. The van der Waals surface area contributed by atoms with Gasteiger partial charge in [-0.05, 0) is 38.3 Å². The molecule has 138 valence electrons. The van der Waals surface area contributed by atoms with Crippen molar-refractivity contribution in [1.29, 1.82) is 0 Å². The third-order valence-electron chi connectivity index (χ3n) is 5.47. The van der Waals surface area contributed by atoms with Crippen LogP contribution in [0.2, 0.25) is 0 Å². The van der Waals surface area contributed by atoms with Crippen LogP contribution in [0.4, 0.5) is 5.82 Å². The van der Waals surface area contributed by atoms with Gasteiger partial charge in [-0.15, -0.1) is 11.3 Å². The van der Waals surface area contributed by atoms with Crippen molar-refractivity contribution in [3.05, 3.63) is 40.0 Å². The van der Waals surface area contributed by atoms with E-state index in [1.54, 1.807) is 11.3 Å². The second-order valence-corrected chi connectivity index (χ2v) is 8.30. The number of pyridine rings is 1. The third-order valence-corrected chi connectivity index (χ3v) is 6.78. The topological polar surface area (TPSA) is 49.3 Å². The van der Waals surface area contributed by atoms with Gasteiger partial charge in [0, 0.05) is 38.3 Å². The Morgan fingerprint density at radius 1 is 1.12 bits per heavy atom. The van der Waals surface area contributed by atoms with Crippen LogP contribution in [0.5, 0.6) is 0 Å². The summed E-state index contributed by atoms with van der Waals surface area (Å²) in [6.45, 7) is 5.30. The lowest BCUT2D eigenvalue weighted by molar-refractivity contribution is 0.0771. The van der Waals surface area contributed by atoms with E-state index in [4.69, 9.17) is 4.98 Å². The Bertz CT molecular complexity index is 754. The summed E-state index contributed by atoms with van der Waals surface area (Å²) in [6.07, 6.45) is 7.83. The summed E-state index contributed by atoms with van der Waals surface area (Å²) in [5.41, 5.74) is 0.910. The Kier molecular flexibility index (Phi) is 5.20. The van der Waals surface area contributed by atoms with Gasteiger partial charge in [0.1, 0.15) is 10.7 Å². The number of carbonyl (C=O) groups excluding carboxylic acids is 1. The number of carbonyl (C=O) groups is 1. The molecule has 1 aliphatic carbocycles. The van der Waals surface area contributed by atoms with Crippen molar-refractivity contribution in [3.63, 3.8) is 0 Å². The van der Waals surface area contributed by atoms with Crippen LogP contribution in [0.1, 0.15) is 58.4 Å². The molecule has 26 heavy (non-hydrogen) atoms. The van der Waals surface area contributed by atoms with Crippen LogP contribution in [0.25, 0.3) is 0 Å². The number of aromatic nitrogens is 2. The number of anilines is 1. The Hall–Kier alpha value is -1.95. The highest BCUT2D eigenvalue weighted by Crippen LogP contribution is 2.37. The molecule has 1 amide bonds. The summed E-state index contributed by atoms with van der Waals surface area (Å²) in [6, 6.07) is 5.99. The molecule has 6 heteroatoms. The fraction of sp³-hybridized carbons (Fsp3) is 0.550. The first-order valence-corrected chi connectivity index (χ1v) is 10.5. The highest BCUT2D eigenvalue weighted by Gasteiger charge is 2.27. The first-order chi connectivity index (χ1) is 12.7. The van der Waals surface area contributed by atoms with E-state index in [9.17, 15) is 4.79 Å². The molecule has 0 unspecified atom stereocenters. The van der Waals surface area contributed by atoms with E-state index in [0.29, 0.717) is 5.92 Å². The summed E-state index contributed by atoms with van der Waals surface area (Å²) in [7, 11) is 0. The molecular weight excluding hydrogens is 344 g/mol. The highest BCUT2D eigenvalue weighted by atomic mass is 32.1. The lowest BCUT2D eigenvalue weighted by Gasteiger charge is -2.22. The van der Waals surface area contributed by atoms with Crippen LogP contribution in [-0.4, -0.2) is 47.0 Å². The predicted molar refractivity (Wildman–Crippen MR) is 105 cm³/mol. The molecule has 1 aliphatic heterocycles. The average molecular weight is 371 g/mol. The van der Waals surface area contributed by atoms with E-state index in [1.165, 1.54) is 30.7 Å². The minimum Gasteiger partial charge on any atom is -0.355 e. The molecule has 5 nitrogen and oxygen atoms in total. The number of nitrogens with zero attached hydrogens (tertiary/aromatic N) is 4. The van der Waals surface area contributed by atoms with Crippen LogP contribution in [-0.2, 0) is 0 Å². The van der Waals surface area contributed by atoms with E-state index in [0.717, 1.165) is 49.0 Å². The van der Waals surface area contributed by atoms with Crippen LogP contribution < -0.4 is 4.90 Å². The Morgan fingerprint density at radius 2 is 1.96 bits per heavy atom. The molecule has 0 bridgehead atoms. The van der Waals surface area contributed by atoms with Gasteiger partial charge in [0.15, 0.2) is 0 Å². The van der Waals surface area contributed by atoms with E-state index in [-0.39, 0.29) is 5.91 Å². The van der Waals surface area contributed by atoms with Crippen molar-refractivity contribution in [3.8, 4) is 0 Å². The van der Waals surface area contributed by atoms with Crippen LogP contribution in [0, 0.1) is 6.92 Å². The molecule has 0 atom stereocenters. The summed E-state index contributed by atoms with van der Waals surface area (Å²) < 4.78 is 0. The maximum atomic E-state index is 13.1. The van der Waals surface area contributed by atoms with Gasteiger partial charge >= 0.3 is 0 Å². The molecule has 1 saturated heterocycles. The van der Waals surface area contributed by atoms with Crippen LogP contribution in [0.15, 0.2) is 24.4 Å². The molecule has 0 spiro atoms. The molecule has 4 rings (SSSR count). The quantitative estimate of drug-likeness (QED) is 0.823. The third kappa shape index (κ3) is 3.61. The van der Waals surface area contributed by atoms with Gasteiger partial charge in [-0.3, -0.25) is 4.79 Å². The lowest BCUT2D eigenvalue weighted by atomic mass is 10.1. The van der Waals surface area contributed by atoms with Gasteiger partial charge in [0.2, 0.25) is 0 Å². The minimum atomic E-state index is 0.159. The van der Waals surface area contributed by atoms with Crippen molar-refractivity contribution in [1.82, 2.24) is 14.9 Å². The van der Waals surface area contributed by atoms with Gasteiger partial charge in [0.05, 0.1) is 10.7 Å². The van der Waals surface area contributed by atoms with E-state index >= 15 is 0 Å². The van der Waals surface area contributed by atoms with Crippen molar-refractivity contribution < 1.29 is 4.79 Å². The Balaban J connectivity index is 1.45. The number of hydrogen-bond donors (Lipinski definition) is 0. The maximum absolute atomic E-state index is 13.1. The molecule has 0 N–H and O–H groups in total. The summed E-state index contributed by atoms with van der Waals surface area (Å²) >= 11 is 1.63. The SMILES string of the molecule is Cc1nc(C2CCCC2)sc1C(=O)N1CCCN(c2ccccn2)CC1. The second kappa shape index (κ2) is 7.74. The number of thiazole rings is 1. The highest BCUT2D eigenvalue weighted by molar-refractivity contribution is 7.13. The summed E-state index contributed by atoms with van der Waals surface area (Å²) in [4.78, 5) is 27.4. The van der Waals surface area contributed by atoms with Crippen LogP contribution in [0.3, 0.4) is 0 Å². The van der Waals surface area contributed by atoms with E-state index < -0.39 is 0 Å². The van der Waals surface area contributed by atoms with Gasteiger partial charge in [-0.2, -0.15) is 0 Å². The standard InChI is InChI=1S/C20H26N4OS/c1-15-18(26-19(22-15)16-7-2-3-8-16)20(25)24-12-6-11-23(13-14-24)17-9-4-5-10-21-17/h4-5,9-10,16H,2-3,6-8,11-14H2,1H3. The summed E-state index contributed by atoms with van der Waals surface area (Å²) in [5, 5.41) is 1.17. The van der Waals surface area contributed by atoms with E-state index in [2.05, 4.69) is 9.88 Å². The molecule has 2 aromatic heterocycles. The zero-order valence-corrected chi connectivity index (χ0v) is 16.2. The first kappa shape index (κ1) is 17.5. The largest absolute Gasteiger partial charge is 0.355 e. The minimum absolute atomic E-state index is 0.159. The van der Waals surface area contributed by atoms with Crippen molar-refractivity contribution >= 4 is 23.1 Å². The zero-order valence-electron chi connectivity index (χ0n) is 15.4. The molecule has 3 heterocycles. The van der Waals surface area contributed by atoms with Crippen molar-refractivity contribution in [2.24, 2.45) is 0 Å². The lowest BCUT2D eigenvalue weighted by Crippen LogP contribution is -2.35. The van der Waals surface area contributed by atoms with Gasteiger partial charge in [0.25, 0.3) is 5.91 Å². The Labute approximate surface area is 159 Å². The zero-order chi connectivity index (χ0) is 17.9. The van der Waals surface area contributed by atoms with E-state index in [1.807, 2.05) is 36.2 Å². The summed E-state index contributed by atoms with van der Waals surface area (Å²) in [5.74, 6) is 1.73. The monoisotopic (exact) mass is 370 g/mol. The normalized spacial score (nSPS) is 19.0. The Morgan fingerprint density at radius 3 is 2.73 bits per heavy atom. The molecule has 0 aromatic carbocycles. The molecular formula is C20H26N4OS.